The highest BCUT2D eigenvalue weighted by molar-refractivity contribution is 5.85. The Morgan fingerprint density at radius 1 is 1.41 bits per heavy atom. The zero-order valence-electron chi connectivity index (χ0n) is 10.8. The third kappa shape index (κ3) is 2.57. The molecule has 4 nitrogen and oxygen atoms in total. The van der Waals surface area contributed by atoms with E-state index in [4.69, 9.17) is 0 Å². The lowest BCUT2D eigenvalue weighted by atomic mass is 10.1. The van der Waals surface area contributed by atoms with Gasteiger partial charge in [0.05, 0.1) is 11.8 Å². The fourth-order valence-electron chi connectivity index (χ4n) is 1.98. The smallest absolute Gasteiger partial charge is 0.154 e. The van der Waals surface area contributed by atoms with Gasteiger partial charge >= 0.3 is 0 Å². The fourth-order valence-corrected chi connectivity index (χ4v) is 1.98. The van der Waals surface area contributed by atoms with Gasteiger partial charge in [0, 0.05) is 19.3 Å². The first-order valence-corrected chi connectivity index (χ1v) is 6.25. The summed E-state index contributed by atoms with van der Waals surface area (Å²) in [6.45, 7) is 4.41. The largest absolute Gasteiger partial charge is 0.366 e. The number of aromatic nitrogens is 3. The van der Waals surface area contributed by atoms with Gasteiger partial charge in [0.2, 0.25) is 0 Å². The van der Waals surface area contributed by atoms with Gasteiger partial charge in [0.1, 0.15) is 5.52 Å². The number of hydrogen-bond donors (Lipinski definition) is 1. The monoisotopic (exact) mass is 232 g/mol. The van der Waals surface area contributed by atoms with Crippen LogP contribution in [0.15, 0.2) is 18.6 Å². The van der Waals surface area contributed by atoms with E-state index in [0.29, 0.717) is 6.04 Å². The maximum Gasteiger partial charge on any atom is 0.154 e. The molecular formula is C13H20N4. The summed E-state index contributed by atoms with van der Waals surface area (Å²) in [6, 6.07) is 2.43. The molecule has 1 N–H and O–H groups in total. The Kier molecular flexibility index (Phi) is 3.61. The second-order valence-electron chi connectivity index (χ2n) is 4.57. The molecule has 0 radical (unpaired) electrons. The zero-order chi connectivity index (χ0) is 12.3. The topological polar surface area (TPSA) is 42.7 Å². The quantitative estimate of drug-likeness (QED) is 0.861. The van der Waals surface area contributed by atoms with E-state index in [1.807, 2.05) is 30.2 Å². The van der Waals surface area contributed by atoms with E-state index in [1.165, 1.54) is 19.3 Å². The molecule has 1 atom stereocenters. The normalized spacial score (nSPS) is 12.9. The molecule has 0 amide bonds. The van der Waals surface area contributed by atoms with Gasteiger partial charge in [-0.25, -0.2) is 9.97 Å². The van der Waals surface area contributed by atoms with Crippen molar-refractivity contribution >= 4 is 16.9 Å². The van der Waals surface area contributed by atoms with Gasteiger partial charge in [-0.3, -0.25) is 0 Å². The number of pyridine rings is 1. The van der Waals surface area contributed by atoms with Crippen molar-refractivity contribution in [2.75, 3.05) is 5.32 Å². The number of imidazole rings is 1. The first kappa shape index (κ1) is 11.9. The first-order chi connectivity index (χ1) is 8.22. The molecule has 0 bridgehead atoms. The Morgan fingerprint density at radius 3 is 3.00 bits per heavy atom. The van der Waals surface area contributed by atoms with Crippen LogP contribution in [0.3, 0.4) is 0 Å². The maximum absolute atomic E-state index is 4.39. The zero-order valence-corrected chi connectivity index (χ0v) is 10.8. The van der Waals surface area contributed by atoms with Gasteiger partial charge < -0.3 is 9.88 Å². The molecule has 4 heteroatoms. The van der Waals surface area contributed by atoms with Crippen LogP contribution in [-0.2, 0) is 7.05 Å². The Morgan fingerprint density at radius 2 is 2.24 bits per heavy atom. The third-order valence-corrected chi connectivity index (χ3v) is 3.02. The van der Waals surface area contributed by atoms with Crippen LogP contribution in [0.5, 0.6) is 0 Å². The Balaban J connectivity index is 2.18. The molecule has 0 saturated heterocycles. The number of nitrogens with zero attached hydrogens (tertiary/aromatic N) is 3. The van der Waals surface area contributed by atoms with Gasteiger partial charge in [-0.1, -0.05) is 19.8 Å². The van der Waals surface area contributed by atoms with Crippen molar-refractivity contribution in [3.63, 3.8) is 0 Å². The fraction of sp³-hybridized carbons (Fsp3) is 0.538. The summed E-state index contributed by atoms with van der Waals surface area (Å²) < 4.78 is 2.01. The van der Waals surface area contributed by atoms with Crippen LogP contribution in [0.25, 0.3) is 11.0 Å². The second kappa shape index (κ2) is 5.17. The highest BCUT2D eigenvalue weighted by atomic mass is 15.1. The summed E-state index contributed by atoms with van der Waals surface area (Å²) in [5.41, 5.74) is 2.07. The predicted molar refractivity (Wildman–Crippen MR) is 71.1 cm³/mol. The van der Waals surface area contributed by atoms with Gasteiger partial charge in [0.25, 0.3) is 0 Å². The van der Waals surface area contributed by atoms with E-state index >= 15 is 0 Å². The molecule has 92 valence electrons. The molecule has 2 rings (SSSR count). The number of aryl methyl sites for hydroxylation is 1. The van der Waals surface area contributed by atoms with E-state index in [-0.39, 0.29) is 0 Å². The van der Waals surface area contributed by atoms with Crippen molar-refractivity contribution in [2.24, 2.45) is 7.05 Å². The second-order valence-corrected chi connectivity index (χ2v) is 4.57. The van der Waals surface area contributed by atoms with Crippen molar-refractivity contribution in [3.05, 3.63) is 18.6 Å². The minimum Gasteiger partial charge on any atom is -0.366 e. The highest BCUT2D eigenvalue weighted by Gasteiger charge is 2.09. The number of hydrogen-bond acceptors (Lipinski definition) is 3. The van der Waals surface area contributed by atoms with Crippen molar-refractivity contribution < 1.29 is 0 Å². The number of unbranched alkanes of at least 4 members (excludes halogenated alkanes) is 1. The van der Waals surface area contributed by atoms with Crippen molar-refractivity contribution in [1.82, 2.24) is 14.5 Å². The Labute approximate surface area is 102 Å². The van der Waals surface area contributed by atoms with Crippen LogP contribution in [0.4, 0.5) is 5.82 Å². The average Bonchev–Trinajstić information content (AvgIpc) is 2.70. The van der Waals surface area contributed by atoms with E-state index in [0.717, 1.165) is 16.9 Å². The van der Waals surface area contributed by atoms with Gasteiger partial charge in [-0.05, 0) is 19.4 Å². The molecule has 0 aromatic carbocycles. The SMILES string of the molecule is CCCCC(C)Nc1nccc2c1ncn2C. The van der Waals surface area contributed by atoms with Crippen LogP contribution >= 0.6 is 0 Å². The van der Waals surface area contributed by atoms with Crippen LogP contribution in [0.2, 0.25) is 0 Å². The lowest BCUT2D eigenvalue weighted by Gasteiger charge is -2.14. The molecule has 0 saturated carbocycles. The van der Waals surface area contributed by atoms with E-state index in [2.05, 4.69) is 29.1 Å². The minimum absolute atomic E-state index is 0.440. The van der Waals surface area contributed by atoms with E-state index in [9.17, 15) is 0 Å². The van der Waals surface area contributed by atoms with Crippen LogP contribution in [0, 0.1) is 0 Å². The molecule has 0 spiro atoms. The Hall–Kier alpha value is -1.58. The standard InChI is InChI=1S/C13H20N4/c1-4-5-6-10(2)16-13-12-11(7-8-14-13)17(3)9-15-12/h7-10H,4-6H2,1-3H3,(H,14,16). The molecular weight excluding hydrogens is 212 g/mol. The first-order valence-electron chi connectivity index (χ1n) is 6.25. The molecule has 2 heterocycles. The molecule has 17 heavy (non-hydrogen) atoms. The summed E-state index contributed by atoms with van der Waals surface area (Å²) in [5, 5.41) is 3.45. The number of rotatable bonds is 5. The molecule has 2 aromatic heterocycles. The lowest BCUT2D eigenvalue weighted by molar-refractivity contribution is 0.644. The number of fused-ring (bicyclic) bond motifs is 1. The predicted octanol–water partition coefficient (Wildman–Crippen LogP) is 2.96. The van der Waals surface area contributed by atoms with Gasteiger partial charge in [-0.15, -0.1) is 0 Å². The minimum atomic E-state index is 0.440. The molecule has 0 fully saturated rings. The maximum atomic E-state index is 4.39. The van der Waals surface area contributed by atoms with Gasteiger partial charge in [0.15, 0.2) is 5.82 Å². The van der Waals surface area contributed by atoms with Crippen LogP contribution in [-0.4, -0.2) is 20.6 Å². The van der Waals surface area contributed by atoms with Crippen molar-refractivity contribution in [1.29, 1.82) is 0 Å². The molecule has 0 aliphatic carbocycles. The molecule has 0 aliphatic heterocycles. The van der Waals surface area contributed by atoms with E-state index in [1.54, 1.807) is 0 Å². The van der Waals surface area contributed by atoms with Crippen molar-refractivity contribution in [3.8, 4) is 0 Å². The third-order valence-electron chi connectivity index (χ3n) is 3.02. The molecule has 2 aromatic rings. The summed E-state index contributed by atoms with van der Waals surface area (Å²) in [5.74, 6) is 0.895. The molecule has 0 aliphatic rings. The Bertz CT molecular complexity index is 489. The molecule has 1 unspecified atom stereocenters. The van der Waals surface area contributed by atoms with Crippen LogP contribution < -0.4 is 5.32 Å². The summed E-state index contributed by atoms with van der Waals surface area (Å²) in [4.78, 5) is 8.77. The lowest BCUT2D eigenvalue weighted by Crippen LogP contribution is -2.16. The highest BCUT2D eigenvalue weighted by Crippen LogP contribution is 2.19. The van der Waals surface area contributed by atoms with E-state index < -0.39 is 0 Å². The number of nitrogens with one attached hydrogen (secondary N) is 1. The van der Waals surface area contributed by atoms with Crippen molar-refractivity contribution in [2.45, 2.75) is 39.2 Å². The van der Waals surface area contributed by atoms with Gasteiger partial charge in [-0.2, -0.15) is 0 Å². The summed E-state index contributed by atoms with van der Waals surface area (Å²) in [7, 11) is 2.00. The summed E-state index contributed by atoms with van der Waals surface area (Å²) in [6.07, 6.45) is 7.30. The summed E-state index contributed by atoms with van der Waals surface area (Å²) >= 11 is 0. The van der Waals surface area contributed by atoms with Crippen LogP contribution in [0.1, 0.15) is 33.1 Å². The average molecular weight is 232 g/mol. The number of anilines is 1.